The summed E-state index contributed by atoms with van der Waals surface area (Å²) in [5.41, 5.74) is 1.72. The molecule has 1 N–H and O–H groups in total. The van der Waals surface area contributed by atoms with E-state index >= 15 is 0 Å². The SMILES string of the molecule is COc1ccc(C[C@H](/C=C(\C)CCl)C(=O)O)cc1OC. The number of rotatable bonds is 7. The van der Waals surface area contributed by atoms with Crippen LogP contribution in [0.15, 0.2) is 29.8 Å². The highest BCUT2D eigenvalue weighted by Gasteiger charge is 2.16. The minimum atomic E-state index is -0.871. The van der Waals surface area contributed by atoms with Gasteiger partial charge in [-0.2, -0.15) is 0 Å². The molecule has 20 heavy (non-hydrogen) atoms. The van der Waals surface area contributed by atoms with Crippen LogP contribution in [-0.2, 0) is 11.2 Å². The van der Waals surface area contributed by atoms with Crippen LogP contribution in [0.3, 0.4) is 0 Å². The van der Waals surface area contributed by atoms with Gasteiger partial charge in [-0.1, -0.05) is 17.7 Å². The van der Waals surface area contributed by atoms with E-state index in [0.717, 1.165) is 11.1 Å². The number of carboxylic acid groups (broad SMARTS) is 1. The monoisotopic (exact) mass is 298 g/mol. The van der Waals surface area contributed by atoms with Crippen LogP contribution in [0, 0.1) is 5.92 Å². The first-order chi connectivity index (χ1) is 9.51. The van der Waals surface area contributed by atoms with Gasteiger partial charge >= 0.3 is 5.97 Å². The van der Waals surface area contributed by atoms with Gasteiger partial charge in [0.05, 0.1) is 20.1 Å². The maximum absolute atomic E-state index is 11.3. The molecule has 0 amide bonds. The molecule has 1 aromatic carbocycles. The number of allylic oxidation sites excluding steroid dienone is 1. The molecule has 0 unspecified atom stereocenters. The molecule has 4 nitrogen and oxygen atoms in total. The van der Waals surface area contributed by atoms with Crippen LogP contribution in [0.2, 0.25) is 0 Å². The molecule has 1 atom stereocenters. The largest absolute Gasteiger partial charge is 0.493 e. The number of benzene rings is 1. The lowest BCUT2D eigenvalue weighted by atomic mass is 9.97. The van der Waals surface area contributed by atoms with Crippen molar-refractivity contribution in [2.24, 2.45) is 5.92 Å². The van der Waals surface area contributed by atoms with Crippen LogP contribution in [-0.4, -0.2) is 31.2 Å². The van der Waals surface area contributed by atoms with E-state index < -0.39 is 11.9 Å². The van der Waals surface area contributed by atoms with Crippen molar-refractivity contribution in [1.29, 1.82) is 0 Å². The van der Waals surface area contributed by atoms with E-state index in [1.807, 2.05) is 13.0 Å². The van der Waals surface area contributed by atoms with Gasteiger partial charge in [-0.05, 0) is 31.0 Å². The van der Waals surface area contributed by atoms with Crippen LogP contribution in [0.4, 0.5) is 0 Å². The number of carbonyl (C=O) groups is 1. The summed E-state index contributed by atoms with van der Waals surface area (Å²) in [5, 5.41) is 9.26. The second-order valence-corrected chi connectivity index (χ2v) is 4.75. The van der Waals surface area contributed by atoms with Crippen molar-refractivity contribution in [2.45, 2.75) is 13.3 Å². The van der Waals surface area contributed by atoms with Crippen LogP contribution in [0.1, 0.15) is 12.5 Å². The van der Waals surface area contributed by atoms with Gasteiger partial charge in [0.1, 0.15) is 0 Å². The van der Waals surface area contributed by atoms with E-state index in [0.29, 0.717) is 23.8 Å². The molecule has 0 aliphatic carbocycles. The Kier molecular flexibility index (Phi) is 6.39. The maximum Gasteiger partial charge on any atom is 0.310 e. The Hall–Kier alpha value is -1.68. The minimum absolute atomic E-state index is 0.329. The summed E-state index contributed by atoms with van der Waals surface area (Å²) in [4.78, 5) is 11.3. The number of methoxy groups -OCH3 is 2. The summed E-state index contributed by atoms with van der Waals surface area (Å²) < 4.78 is 10.4. The summed E-state index contributed by atoms with van der Waals surface area (Å²) in [7, 11) is 3.11. The standard InChI is InChI=1S/C15H19ClO4/c1-10(9-16)6-12(15(17)18)7-11-4-5-13(19-2)14(8-11)20-3/h4-6,8,12H,7,9H2,1-3H3,(H,17,18)/b10-6+/t12-/m0/s1. The molecule has 1 aromatic rings. The number of hydrogen-bond acceptors (Lipinski definition) is 3. The van der Waals surface area contributed by atoms with E-state index in [9.17, 15) is 9.90 Å². The number of carboxylic acids is 1. The average Bonchev–Trinajstić information content (AvgIpc) is 2.45. The highest BCUT2D eigenvalue weighted by molar-refractivity contribution is 6.19. The lowest BCUT2D eigenvalue weighted by Gasteiger charge is -2.12. The van der Waals surface area contributed by atoms with Crippen LogP contribution in [0.5, 0.6) is 11.5 Å². The first-order valence-corrected chi connectivity index (χ1v) is 6.72. The number of aliphatic carboxylic acids is 1. The average molecular weight is 299 g/mol. The van der Waals surface area contributed by atoms with Gasteiger partial charge in [0.25, 0.3) is 0 Å². The highest BCUT2D eigenvalue weighted by atomic mass is 35.5. The van der Waals surface area contributed by atoms with Gasteiger partial charge < -0.3 is 14.6 Å². The second kappa shape index (κ2) is 7.80. The quantitative estimate of drug-likeness (QED) is 0.621. The highest BCUT2D eigenvalue weighted by Crippen LogP contribution is 2.28. The Morgan fingerprint density at radius 3 is 2.50 bits per heavy atom. The molecule has 5 heteroatoms. The molecule has 0 saturated heterocycles. The second-order valence-electron chi connectivity index (χ2n) is 4.48. The fraction of sp³-hybridized carbons (Fsp3) is 0.400. The number of hydrogen-bond donors (Lipinski definition) is 1. The summed E-state index contributed by atoms with van der Waals surface area (Å²) in [6.45, 7) is 1.82. The lowest BCUT2D eigenvalue weighted by molar-refractivity contribution is -0.140. The molecule has 0 spiro atoms. The topological polar surface area (TPSA) is 55.8 Å². The number of alkyl halides is 1. The Balaban J connectivity index is 2.97. The summed E-state index contributed by atoms with van der Waals surface area (Å²) in [6, 6.07) is 5.39. The third-order valence-electron chi connectivity index (χ3n) is 2.92. The van der Waals surface area contributed by atoms with Crippen LogP contribution < -0.4 is 9.47 Å². The van der Waals surface area contributed by atoms with Gasteiger partial charge in [0.2, 0.25) is 0 Å². The predicted octanol–water partition coefficient (Wildman–Crippen LogP) is 3.13. The zero-order valence-corrected chi connectivity index (χ0v) is 12.6. The fourth-order valence-corrected chi connectivity index (χ4v) is 1.96. The van der Waals surface area contributed by atoms with Gasteiger partial charge in [-0.3, -0.25) is 4.79 Å². The zero-order chi connectivity index (χ0) is 15.1. The Labute approximate surface area is 124 Å². The molecule has 0 bridgehead atoms. The van der Waals surface area contributed by atoms with Gasteiger partial charge in [0.15, 0.2) is 11.5 Å². The van der Waals surface area contributed by atoms with Crippen molar-refractivity contribution in [3.8, 4) is 11.5 Å². The first-order valence-electron chi connectivity index (χ1n) is 6.18. The molecule has 0 fully saturated rings. The number of halogens is 1. The van der Waals surface area contributed by atoms with E-state index in [1.54, 1.807) is 32.4 Å². The van der Waals surface area contributed by atoms with Gasteiger partial charge in [-0.15, -0.1) is 11.6 Å². The molecule has 0 radical (unpaired) electrons. The zero-order valence-electron chi connectivity index (χ0n) is 11.9. The Morgan fingerprint density at radius 2 is 2.00 bits per heavy atom. The fourth-order valence-electron chi connectivity index (χ4n) is 1.87. The third-order valence-corrected chi connectivity index (χ3v) is 3.34. The van der Waals surface area contributed by atoms with Crippen LogP contribution in [0.25, 0.3) is 0 Å². The van der Waals surface area contributed by atoms with Crippen molar-refractivity contribution in [3.05, 3.63) is 35.4 Å². The molecule has 1 rings (SSSR count). The van der Waals surface area contributed by atoms with Crippen molar-refractivity contribution in [2.75, 3.05) is 20.1 Å². The molecule has 110 valence electrons. The molecular formula is C15H19ClO4. The summed E-state index contributed by atoms with van der Waals surface area (Å²) in [6.07, 6.45) is 2.07. The maximum atomic E-state index is 11.3. The molecule has 0 aromatic heterocycles. The minimum Gasteiger partial charge on any atom is -0.493 e. The summed E-state index contributed by atoms with van der Waals surface area (Å²) in [5.74, 6) is 0.0642. The van der Waals surface area contributed by atoms with Crippen molar-refractivity contribution < 1.29 is 19.4 Å². The van der Waals surface area contributed by atoms with Crippen molar-refractivity contribution in [3.63, 3.8) is 0 Å². The molecule has 0 heterocycles. The van der Waals surface area contributed by atoms with Gasteiger partial charge in [-0.25, -0.2) is 0 Å². The van der Waals surface area contributed by atoms with Crippen molar-refractivity contribution in [1.82, 2.24) is 0 Å². The molecule has 0 aliphatic heterocycles. The normalized spacial score (nSPS) is 12.9. The van der Waals surface area contributed by atoms with E-state index in [2.05, 4.69) is 0 Å². The molecule has 0 saturated carbocycles. The van der Waals surface area contributed by atoms with E-state index in [1.165, 1.54) is 0 Å². The van der Waals surface area contributed by atoms with E-state index in [4.69, 9.17) is 21.1 Å². The lowest BCUT2D eigenvalue weighted by Crippen LogP contribution is -2.14. The van der Waals surface area contributed by atoms with Crippen LogP contribution >= 0.6 is 11.6 Å². The third kappa shape index (κ3) is 4.46. The predicted molar refractivity (Wildman–Crippen MR) is 78.9 cm³/mol. The summed E-state index contributed by atoms with van der Waals surface area (Å²) >= 11 is 5.69. The Bertz CT molecular complexity index is 497. The molecule has 0 aliphatic rings. The van der Waals surface area contributed by atoms with Gasteiger partial charge in [0, 0.05) is 5.88 Å². The van der Waals surface area contributed by atoms with Crippen molar-refractivity contribution >= 4 is 17.6 Å². The Morgan fingerprint density at radius 1 is 1.35 bits per heavy atom. The smallest absolute Gasteiger partial charge is 0.310 e. The first kappa shape index (κ1) is 16.4. The van der Waals surface area contributed by atoms with E-state index in [-0.39, 0.29) is 0 Å². The molecular weight excluding hydrogens is 280 g/mol. The number of ether oxygens (including phenoxy) is 2.